The molecule has 5 nitrogen and oxygen atoms in total. The number of carbonyl (C=O) groups is 1. The van der Waals surface area contributed by atoms with Crippen LogP contribution in [-0.2, 0) is 28.8 Å². The normalized spacial score (nSPS) is 23.7. The van der Waals surface area contributed by atoms with Crippen LogP contribution < -0.4 is 0 Å². The van der Waals surface area contributed by atoms with Crippen LogP contribution in [0, 0.1) is 5.41 Å². The molecule has 0 unspecified atom stereocenters. The predicted molar refractivity (Wildman–Crippen MR) is 102 cm³/mol. The second-order valence-corrected chi connectivity index (χ2v) is 8.83. The molecular formula is C20H22F3N3O2S. The van der Waals surface area contributed by atoms with Gasteiger partial charge in [0.1, 0.15) is 0 Å². The van der Waals surface area contributed by atoms with Crippen LogP contribution in [0.1, 0.15) is 22.4 Å². The van der Waals surface area contributed by atoms with E-state index in [-0.39, 0.29) is 11.3 Å². The first-order valence-corrected chi connectivity index (χ1v) is 10.3. The third-order valence-electron chi connectivity index (χ3n) is 5.41. The predicted octanol–water partition coefficient (Wildman–Crippen LogP) is 3.41. The number of ether oxygens (including phenoxy) is 1. The van der Waals surface area contributed by atoms with Gasteiger partial charge in [-0.25, -0.2) is 0 Å². The van der Waals surface area contributed by atoms with Gasteiger partial charge in [-0.15, -0.1) is 11.3 Å². The highest BCUT2D eigenvalue weighted by Gasteiger charge is 2.45. The summed E-state index contributed by atoms with van der Waals surface area (Å²) in [6.45, 7) is 3.76. The molecular weight excluding hydrogens is 403 g/mol. The highest BCUT2D eigenvalue weighted by molar-refractivity contribution is 7.09. The molecule has 2 aliphatic heterocycles. The molecule has 2 fully saturated rings. The van der Waals surface area contributed by atoms with E-state index in [0.29, 0.717) is 57.9 Å². The molecule has 1 aromatic heterocycles. The molecule has 0 aliphatic carbocycles. The number of rotatable bonds is 4. The van der Waals surface area contributed by atoms with Crippen molar-refractivity contribution in [2.75, 3.05) is 32.8 Å². The topological polar surface area (TPSA) is 45.7 Å². The lowest BCUT2D eigenvalue weighted by molar-refractivity contribution is -0.137. The molecule has 0 radical (unpaired) electrons. The van der Waals surface area contributed by atoms with Crippen LogP contribution >= 0.6 is 11.3 Å². The average Bonchev–Trinajstić information content (AvgIpc) is 3.21. The van der Waals surface area contributed by atoms with Crippen molar-refractivity contribution in [1.82, 2.24) is 14.8 Å². The average molecular weight is 425 g/mol. The molecule has 1 atom stereocenters. The molecule has 3 heterocycles. The molecule has 2 saturated heterocycles. The van der Waals surface area contributed by atoms with E-state index in [1.165, 1.54) is 23.5 Å². The van der Waals surface area contributed by atoms with Crippen LogP contribution in [0.2, 0.25) is 0 Å². The van der Waals surface area contributed by atoms with E-state index in [1.54, 1.807) is 17.8 Å². The molecule has 29 heavy (non-hydrogen) atoms. The summed E-state index contributed by atoms with van der Waals surface area (Å²) in [4.78, 5) is 21.7. The molecule has 0 bridgehead atoms. The maximum absolute atomic E-state index is 13.0. The first-order chi connectivity index (χ1) is 13.8. The first kappa shape index (κ1) is 20.3. The number of thiazole rings is 1. The number of carbonyl (C=O) groups excluding carboxylic acids is 1. The maximum Gasteiger partial charge on any atom is 0.416 e. The summed E-state index contributed by atoms with van der Waals surface area (Å²) in [5.74, 6) is 0.0860. The van der Waals surface area contributed by atoms with Crippen molar-refractivity contribution in [3.63, 3.8) is 0 Å². The SMILES string of the molecule is O=C1C[C@@]2(COCCN(Cc3cccc(C(F)(F)F)c3)C2)CN1Cc1cncs1. The van der Waals surface area contributed by atoms with Crippen molar-refractivity contribution in [1.29, 1.82) is 0 Å². The second kappa shape index (κ2) is 8.04. The number of alkyl halides is 3. The third kappa shape index (κ3) is 4.79. The standard InChI is InChI=1S/C20H22F3N3O2S/c21-20(22,23)16-3-1-2-15(6-16)9-25-4-5-28-13-19(11-25)7-18(27)26(12-19)10-17-8-24-14-29-17/h1-3,6,8,14H,4-5,7,9-13H2/t19-/m0/s1. The highest BCUT2D eigenvalue weighted by Crippen LogP contribution is 2.36. The number of amides is 1. The summed E-state index contributed by atoms with van der Waals surface area (Å²) in [5, 5.41) is 0. The van der Waals surface area contributed by atoms with Gasteiger partial charge in [0.05, 0.1) is 30.8 Å². The quantitative estimate of drug-likeness (QED) is 0.753. The fourth-order valence-corrected chi connectivity index (χ4v) is 4.77. The Morgan fingerprint density at radius 2 is 2.10 bits per heavy atom. The summed E-state index contributed by atoms with van der Waals surface area (Å²) in [7, 11) is 0. The van der Waals surface area contributed by atoms with Crippen molar-refractivity contribution in [2.24, 2.45) is 5.41 Å². The Bertz CT molecular complexity index is 859. The largest absolute Gasteiger partial charge is 0.416 e. The van der Waals surface area contributed by atoms with Crippen molar-refractivity contribution in [3.8, 4) is 0 Å². The van der Waals surface area contributed by atoms with Crippen LogP contribution in [-0.4, -0.2) is 53.5 Å². The minimum Gasteiger partial charge on any atom is -0.379 e. The van der Waals surface area contributed by atoms with Gasteiger partial charge in [-0.2, -0.15) is 13.2 Å². The van der Waals surface area contributed by atoms with Gasteiger partial charge in [-0.1, -0.05) is 18.2 Å². The molecule has 0 saturated carbocycles. The summed E-state index contributed by atoms with van der Waals surface area (Å²) in [6, 6.07) is 5.44. The number of benzene rings is 1. The van der Waals surface area contributed by atoms with Crippen molar-refractivity contribution < 1.29 is 22.7 Å². The van der Waals surface area contributed by atoms with Crippen LogP contribution in [0.5, 0.6) is 0 Å². The van der Waals surface area contributed by atoms with Crippen molar-refractivity contribution >= 4 is 17.2 Å². The van der Waals surface area contributed by atoms with Gasteiger partial charge in [0.15, 0.2) is 0 Å². The van der Waals surface area contributed by atoms with Gasteiger partial charge in [0.25, 0.3) is 0 Å². The Morgan fingerprint density at radius 3 is 2.86 bits per heavy atom. The van der Waals surface area contributed by atoms with Crippen LogP contribution in [0.4, 0.5) is 13.2 Å². The Kier molecular flexibility index (Phi) is 5.63. The van der Waals surface area contributed by atoms with Crippen LogP contribution in [0.3, 0.4) is 0 Å². The molecule has 4 rings (SSSR count). The molecule has 2 aromatic rings. The van der Waals surface area contributed by atoms with Gasteiger partial charge in [-0.05, 0) is 11.6 Å². The Labute approximate surface area is 171 Å². The van der Waals surface area contributed by atoms with E-state index in [9.17, 15) is 18.0 Å². The van der Waals surface area contributed by atoms with E-state index >= 15 is 0 Å². The monoisotopic (exact) mass is 425 g/mol. The Balaban J connectivity index is 1.46. The number of likely N-dealkylation sites (tertiary alicyclic amines) is 1. The lowest BCUT2D eigenvalue weighted by atomic mass is 9.87. The van der Waals surface area contributed by atoms with Crippen LogP contribution in [0.25, 0.3) is 0 Å². The number of nitrogens with zero attached hydrogens (tertiary/aromatic N) is 3. The number of halogens is 3. The number of aromatic nitrogens is 1. The van der Waals surface area contributed by atoms with Crippen molar-refractivity contribution in [2.45, 2.75) is 25.7 Å². The van der Waals surface area contributed by atoms with E-state index in [2.05, 4.69) is 9.88 Å². The molecule has 1 amide bonds. The maximum atomic E-state index is 13.0. The summed E-state index contributed by atoms with van der Waals surface area (Å²) >= 11 is 1.52. The molecule has 9 heteroatoms. The molecule has 0 N–H and O–H groups in total. The lowest BCUT2D eigenvalue weighted by Crippen LogP contribution is -2.40. The van der Waals surface area contributed by atoms with Crippen LogP contribution in [0.15, 0.2) is 36.0 Å². The fraction of sp³-hybridized carbons (Fsp3) is 0.500. The van der Waals surface area contributed by atoms with E-state index in [1.807, 2.05) is 4.90 Å². The van der Waals surface area contributed by atoms with E-state index < -0.39 is 11.7 Å². The Morgan fingerprint density at radius 1 is 1.24 bits per heavy atom. The van der Waals surface area contributed by atoms with Gasteiger partial charge in [-0.3, -0.25) is 14.7 Å². The summed E-state index contributed by atoms with van der Waals surface area (Å²) in [6.07, 6.45) is -2.19. The van der Waals surface area contributed by atoms with E-state index in [4.69, 9.17) is 4.74 Å². The van der Waals surface area contributed by atoms with Gasteiger partial charge in [0.2, 0.25) is 5.91 Å². The molecule has 1 aromatic carbocycles. The summed E-state index contributed by atoms with van der Waals surface area (Å²) in [5.41, 5.74) is 1.39. The zero-order valence-corrected chi connectivity index (χ0v) is 16.6. The zero-order chi connectivity index (χ0) is 20.5. The lowest BCUT2D eigenvalue weighted by Gasteiger charge is -2.31. The Hall–Kier alpha value is -1.97. The summed E-state index contributed by atoms with van der Waals surface area (Å²) < 4.78 is 44.8. The second-order valence-electron chi connectivity index (χ2n) is 7.86. The molecule has 2 aliphatic rings. The van der Waals surface area contributed by atoms with Gasteiger partial charge in [0, 0.05) is 49.1 Å². The minimum absolute atomic E-state index is 0.0860. The van der Waals surface area contributed by atoms with Gasteiger partial charge < -0.3 is 9.64 Å². The van der Waals surface area contributed by atoms with Crippen molar-refractivity contribution in [3.05, 3.63) is 52.0 Å². The highest BCUT2D eigenvalue weighted by atomic mass is 32.1. The number of hydrogen-bond donors (Lipinski definition) is 0. The number of hydrogen-bond acceptors (Lipinski definition) is 5. The van der Waals surface area contributed by atoms with Gasteiger partial charge >= 0.3 is 6.18 Å². The molecule has 1 spiro atoms. The smallest absolute Gasteiger partial charge is 0.379 e. The molecule has 156 valence electrons. The fourth-order valence-electron chi connectivity index (χ4n) is 4.16. The van der Waals surface area contributed by atoms with E-state index in [0.717, 1.165) is 10.9 Å². The first-order valence-electron chi connectivity index (χ1n) is 9.44. The zero-order valence-electron chi connectivity index (χ0n) is 15.8. The third-order valence-corrected chi connectivity index (χ3v) is 6.18. The minimum atomic E-state index is -4.35.